The van der Waals surface area contributed by atoms with Gasteiger partial charge >= 0.3 is 0 Å². The van der Waals surface area contributed by atoms with Gasteiger partial charge < -0.3 is 5.32 Å². The van der Waals surface area contributed by atoms with Gasteiger partial charge in [0, 0.05) is 19.0 Å². The molecule has 11 heavy (non-hydrogen) atoms. The van der Waals surface area contributed by atoms with Gasteiger partial charge in [-0.2, -0.15) is 0 Å². The minimum absolute atomic E-state index is 0.267. The molecule has 1 aliphatic carbocycles. The number of nitrogens with one attached hydrogen (secondary N) is 1. The van der Waals surface area contributed by atoms with Gasteiger partial charge in [0.2, 0.25) is 0 Å². The Kier molecular flexibility index (Phi) is 3.60. The molecule has 0 spiro atoms. The average molecular weight is 180 g/mol. The van der Waals surface area contributed by atoms with E-state index < -0.39 is 0 Å². The van der Waals surface area contributed by atoms with E-state index >= 15 is 0 Å². The minimum atomic E-state index is -0.267. The fourth-order valence-corrected chi connectivity index (χ4v) is 1.71. The first kappa shape index (κ1) is 9.27. The second kappa shape index (κ2) is 4.27. The molecule has 0 aromatic heterocycles. The highest BCUT2D eigenvalue weighted by atomic mass is 35.5. The predicted molar refractivity (Wildman–Crippen MR) is 45.8 cm³/mol. The van der Waals surface area contributed by atoms with E-state index in [2.05, 4.69) is 5.32 Å². The van der Waals surface area contributed by atoms with Crippen LogP contribution in [0.15, 0.2) is 0 Å². The maximum Gasteiger partial charge on any atom is 0.102 e. The van der Waals surface area contributed by atoms with Crippen molar-refractivity contribution in [3.8, 4) is 0 Å². The van der Waals surface area contributed by atoms with Crippen molar-refractivity contribution in [3.63, 3.8) is 0 Å². The number of hydrogen-bond acceptors (Lipinski definition) is 1. The summed E-state index contributed by atoms with van der Waals surface area (Å²) in [5.74, 6) is 0.733. The second-order valence-electron chi connectivity index (χ2n) is 3.30. The van der Waals surface area contributed by atoms with Gasteiger partial charge in [-0.1, -0.05) is 0 Å². The molecule has 0 unspecified atom stereocenters. The van der Waals surface area contributed by atoms with E-state index in [0.29, 0.717) is 12.0 Å². The molecule has 1 nitrogen and oxygen atoms in total. The van der Waals surface area contributed by atoms with E-state index in [0.717, 1.165) is 18.8 Å². The zero-order valence-electron chi connectivity index (χ0n) is 6.71. The standard InChI is InChI=1S/C8H15ClFN/c9-4-3-8(1-2-8)7-11-6-5-10/h11H,1-7H2. The summed E-state index contributed by atoms with van der Waals surface area (Å²) in [6.45, 7) is 1.17. The van der Waals surface area contributed by atoms with Crippen molar-refractivity contribution < 1.29 is 4.39 Å². The Morgan fingerprint density at radius 1 is 1.45 bits per heavy atom. The van der Waals surface area contributed by atoms with Crippen LogP contribution in [0.2, 0.25) is 0 Å². The topological polar surface area (TPSA) is 12.0 Å². The molecule has 0 bridgehead atoms. The zero-order chi connectivity index (χ0) is 8.16. The quantitative estimate of drug-likeness (QED) is 0.486. The van der Waals surface area contributed by atoms with E-state index in [-0.39, 0.29) is 6.67 Å². The van der Waals surface area contributed by atoms with Crippen molar-refractivity contribution in [3.05, 3.63) is 0 Å². The van der Waals surface area contributed by atoms with Gasteiger partial charge in [0.15, 0.2) is 0 Å². The van der Waals surface area contributed by atoms with Crippen LogP contribution in [0.5, 0.6) is 0 Å². The molecule has 0 amide bonds. The van der Waals surface area contributed by atoms with Crippen LogP contribution in [-0.2, 0) is 0 Å². The SMILES string of the molecule is FCCNCC1(CCCl)CC1. The number of alkyl halides is 2. The summed E-state index contributed by atoms with van der Waals surface area (Å²) in [6.07, 6.45) is 3.60. The summed E-state index contributed by atoms with van der Waals surface area (Å²) in [7, 11) is 0. The lowest BCUT2D eigenvalue weighted by molar-refractivity contribution is 0.410. The molecule has 0 radical (unpaired) electrons. The minimum Gasteiger partial charge on any atom is -0.314 e. The molecule has 1 rings (SSSR count). The normalized spacial score (nSPS) is 20.2. The summed E-state index contributed by atoms with van der Waals surface area (Å²) in [5.41, 5.74) is 0.441. The monoisotopic (exact) mass is 179 g/mol. The molecular weight excluding hydrogens is 165 g/mol. The van der Waals surface area contributed by atoms with E-state index in [9.17, 15) is 4.39 Å². The molecule has 0 heterocycles. The fraction of sp³-hybridized carbons (Fsp3) is 1.00. The Bertz CT molecular complexity index is 115. The number of hydrogen-bond donors (Lipinski definition) is 1. The molecule has 3 heteroatoms. The highest BCUT2D eigenvalue weighted by Crippen LogP contribution is 2.48. The van der Waals surface area contributed by atoms with Crippen LogP contribution in [0.4, 0.5) is 4.39 Å². The van der Waals surface area contributed by atoms with Crippen molar-refractivity contribution in [1.82, 2.24) is 5.32 Å². The molecule has 1 N–H and O–H groups in total. The third-order valence-corrected chi connectivity index (χ3v) is 2.54. The third-order valence-electron chi connectivity index (χ3n) is 2.35. The lowest BCUT2D eigenvalue weighted by atomic mass is 10.0. The van der Waals surface area contributed by atoms with Crippen molar-refractivity contribution in [2.75, 3.05) is 25.6 Å². The lowest BCUT2D eigenvalue weighted by Gasteiger charge is -2.12. The van der Waals surface area contributed by atoms with Crippen molar-refractivity contribution in [2.45, 2.75) is 19.3 Å². The molecule has 0 aromatic carbocycles. The van der Waals surface area contributed by atoms with Gasteiger partial charge in [-0.15, -0.1) is 11.6 Å². The van der Waals surface area contributed by atoms with Gasteiger partial charge in [0.25, 0.3) is 0 Å². The van der Waals surface area contributed by atoms with Gasteiger partial charge in [0.1, 0.15) is 6.67 Å². The maximum absolute atomic E-state index is 11.7. The molecule has 0 aliphatic heterocycles. The van der Waals surface area contributed by atoms with Gasteiger partial charge in [-0.25, -0.2) is 4.39 Å². The van der Waals surface area contributed by atoms with Gasteiger partial charge in [-0.05, 0) is 24.7 Å². The average Bonchev–Trinajstić information content (AvgIpc) is 2.71. The smallest absolute Gasteiger partial charge is 0.102 e. The van der Waals surface area contributed by atoms with Crippen LogP contribution < -0.4 is 5.32 Å². The van der Waals surface area contributed by atoms with E-state index in [1.54, 1.807) is 0 Å². The van der Waals surface area contributed by atoms with Gasteiger partial charge in [-0.3, -0.25) is 0 Å². The molecule has 0 saturated heterocycles. The van der Waals surface area contributed by atoms with Crippen LogP contribution in [0.25, 0.3) is 0 Å². The first-order valence-corrected chi connectivity index (χ1v) is 4.69. The molecule has 1 saturated carbocycles. The lowest BCUT2D eigenvalue weighted by Crippen LogP contribution is -2.26. The molecule has 1 fully saturated rings. The Labute approximate surface area is 72.3 Å². The second-order valence-corrected chi connectivity index (χ2v) is 3.68. The summed E-state index contributed by atoms with van der Waals surface area (Å²) in [6, 6.07) is 0. The van der Waals surface area contributed by atoms with Crippen LogP contribution >= 0.6 is 11.6 Å². The number of halogens is 2. The largest absolute Gasteiger partial charge is 0.314 e. The van der Waals surface area contributed by atoms with Crippen LogP contribution in [0.3, 0.4) is 0 Å². The van der Waals surface area contributed by atoms with Crippen LogP contribution in [-0.4, -0.2) is 25.6 Å². The Hall–Kier alpha value is 0.180. The van der Waals surface area contributed by atoms with E-state index in [1.165, 1.54) is 12.8 Å². The Morgan fingerprint density at radius 2 is 2.18 bits per heavy atom. The van der Waals surface area contributed by atoms with Crippen molar-refractivity contribution >= 4 is 11.6 Å². The Balaban J connectivity index is 2.04. The fourth-order valence-electron chi connectivity index (χ4n) is 1.31. The summed E-state index contributed by atoms with van der Waals surface area (Å²) in [5, 5.41) is 3.09. The summed E-state index contributed by atoms with van der Waals surface area (Å²) >= 11 is 5.64. The Morgan fingerprint density at radius 3 is 2.64 bits per heavy atom. The molecule has 0 atom stereocenters. The molecule has 0 aromatic rings. The molecule has 1 aliphatic rings. The first-order chi connectivity index (χ1) is 5.33. The van der Waals surface area contributed by atoms with Crippen molar-refractivity contribution in [2.24, 2.45) is 5.41 Å². The molecular formula is C8H15ClFN. The van der Waals surface area contributed by atoms with Gasteiger partial charge in [0.05, 0.1) is 0 Å². The number of rotatable bonds is 6. The zero-order valence-corrected chi connectivity index (χ0v) is 7.46. The molecule has 66 valence electrons. The first-order valence-electron chi connectivity index (χ1n) is 4.16. The van der Waals surface area contributed by atoms with Crippen molar-refractivity contribution in [1.29, 1.82) is 0 Å². The summed E-state index contributed by atoms with van der Waals surface area (Å²) in [4.78, 5) is 0. The maximum atomic E-state index is 11.7. The van der Waals surface area contributed by atoms with E-state index in [1.807, 2.05) is 0 Å². The summed E-state index contributed by atoms with van der Waals surface area (Å²) < 4.78 is 11.7. The predicted octanol–water partition coefficient (Wildman–Crippen LogP) is 1.95. The third kappa shape index (κ3) is 2.96. The van der Waals surface area contributed by atoms with Crippen LogP contribution in [0.1, 0.15) is 19.3 Å². The highest BCUT2D eigenvalue weighted by Gasteiger charge is 2.40. The van der Waals surface area contributed by atoms with Crippen LogP contribution in [0, 0.1) is 5.41 Å². The highest BCUT2D eigenvalue weighted by molar-refractivity contribution is 6.17. The van der Waals surface area contributed by atoms with E-state index in [4.69, 9.17) is 11.6 Å².